The van der Waals surface area contributed by atoms with Crippen molar-refractivity contribution in [3.63, 3.8) is 0 Å². The molecule has 3 nitrogen and oxygen atoms in total. The number of hydrogen-bond acceptors (Lipinski definition) is 3. The molecule has 0 aliphatic carbocycles. The molecule has 70 valence electrons. The molecule has 0 atom stereocenters. The van der Waals surface area contributed by atoms with Crippen LogP contribution in [0.5, 0.6) is 0 Å². The molecule has 0 saturated carbocycles. The standard InChI is InChI=1S/C10H14N2O/c1-11-10(13)8-4-6-9(7-5-8)12(2)3/h4-7H,1-3H3,(H,11,13)/p-1. The molecule has 0 amide bonds. The van der Waals surface area contributed by atoms with Gasteiger partial charge in [-0.25, -0.2) is 0 Å². The normalized spacial score (nSPS) is 11.5. The number of aliphatic imine (C=N–C) groups is 1. The third-order valence-corrected chi connectivity index (χ3v) is 1.83. The summed E-state index contributed by atoms with van der Waals surface area (Å²) in [4.78, 5) is 5.56. The Hall–Kier alpha value is -1.51. The Balaban J connectivity index is 2.94. The van der Waals surface area contributed by atoms with Crippen molar-refractivity contribution in [1.29, 1.82) is 0 Å². The van der Waals surface area contributed by atoms with E-state index in [9.17, 15) is 5.11 Å². The summed E-state index contributed by atoms with van der Waals surface area (Å²) in [6.07, 6.45) is 0. The second-order valence-electron chi connectivity index (χ2n) is 2.97. The van der Waals surface area contributed by atoms with Crippen molar-refractivity contribution in [2.75, 3.05) is 26.0 Å². The van der Waals surface area contributed by atoms with Crippen molar-refractivity contribution in [1.82, 2.24) is 0 Å². The van der Waals surface area contributed by atoms with Crippen molar-refractivity contribution in [2.24, 2.45) is 4.99 Å². The smallest absolute Gasteiger partial charge is 0.0361 e. The first-order chi connectivity index (χ1) is 6.15. The van der Waals surface area contributed by atoms with Gasteiger partial charge in [0.25, 0.3) is 0 Å². The first kappa shape index (κ1) is 9.58. The third kappa shape index (κ3) is 2.21. The number of rotatable bonds is 2. The second kappa shape index (κ2) is 3.94. The molecule has 0 radical (unpaired) electrons. The number of nitrogens with zero attached hydrogens (tertiary/aromatic N) is 2. The van der Waals surface area contributed by atoms with Crippen molar-refractivity contribution < 1.29 is 5.11 Å². The first-order valence-corrected chi connectivity index (χ1v) is 4.06. The Morgan fingerprint density at radius 2 is 1.77 bits per heavy atom. The molecular formula is C10H13N2O-. The van der Waals surface area contributed by atoms with E-state index in [0.717, 1.165) is 5.69 Å². The van der Waals surface area contributed by atoms with Crippen LogP contribution in [-0.2, 0) is 0 Å². The lowest BCUT2D eigenvalue weighted by atomic mass is 10.2. The summed E-state index contributed by atoms with van der Waals surface area (Å²) in [7, 11) is 5.42. The molecule has 0 N–H and O–H groups in total. The highest BCUT2D eigenvalue weighted by Gasteiger charge is 1.94. The molecule has 0 aromatic heterocycles. The third-order valence-electron chi connectivity index (χ3n) is 1.83. The minimum Gasteiger partial charge on any atom is -0.859 e. The van der Waals surface area contributed by atoms with Gasteiger partial charge in [-0.05, 0) is 23.6 Å². The molecule has 0 unspecified atom stereocenters. The molecule has 0 aliphatic heterocycles. The van der Waals surface area contributed by atoms with E-state index in [4.69, 9.17) is 0 Å². The van der Waals surface area contributed by atoms with Crippen molar-refractivity contribution in [2.45, 2.75) is 0 Å². The van der Waals surface area contributed by atoms with Gasteiger partial charge < -0.3 is 15.0 Å². The van der Waals surface area contributed by atoms with Crippen LogP contribution >= 0.6 is 0 Å². The highest BCUT2D eigenvalue weighted by molar-refractivity contribution is 5.90. The Kier molecular flexibility index (Phi) is 2.90. The predicted molar refractivity (Wildman–Crippen MR) is 53.2 cm³/mol. The molecular weight excluding hydrogens is 164 g/mol. The van der Waals surface area contributed by atoms with E-state index in [1.165, 1.54) is 7.05 Å². The molecule has 0 fully saturated rings. The summed E-state index contributed by atoms with van der Waals surface area (Å²) >= 11 is 0. The summed E-state index contributed by atoms with van der Waals surface area (Å²) in [5.41, 5.74) is 1.71. The van der Waals surface area contributed by atoms with Gasteiger partial charge in [0.05, 0.1) is 0 Å². The molecule has 1 aromatic rings. The van der Waals surface area contributed by atoms with Crippen molar-refractivity contribution in [3.05, 3.63) is 29.8 Å². The Labute approximate surface area is 78.3 Å². The Morgan fingerprint density at radius 1 is 1.23 bits per heavy atom. The zero-order valence-corrected chi connectivity index (χ0v) is 8.11. The van der Waals surface area contributed by atoms with E-state index in [1.54, 1.807) is 12.1 Å². The largest absolute Gasteiger partial charge is 0.859 e. The molecule has 0 bridgehead atoms. The van der Waals surface area contributed by atoms with Crippen LogP contribution in [-0.4, -0.2) is 27.0 Å². The molecule has 0 saturated heterocycles. The maximum Gasteiger partial charge on any atom is 0.0361 e. The minimum absolute atomic E-state index is 0.176. The zero-order chi connectivity index (χ0) is 9.84. The van der Waals surface area contributed by atoms with Crippen LogP contribution in [0.3, 0.4) is 0 Å². The van der Waals surface area contributed by atoms with Crippen LogP contribution in [0.2, 0.25) is 0 Å². The fraction of sp³-hybridized carbons (Fsp3) is 0.300. The number of anilines is 1. The summed E-state index contributed by atoms with van der Waals surface area (Å²) < 4.78 is 0. The highest BCUT2D eigenvalue weighted by atomic mass is 16.3. The molecule has 0 spiro atoms. The quantitative estimate of drug-likeness (QED) is 0.487. The van der Waals surface area contributed by atoms with E-state index in [1.807, 2.05) is 31.1 Å². The monoisotopic (exact) mass is 177 g/mol. The fourth-order valence-corrected chi connectivity index (χ4v) is 1.03. The molecule has 13 heavy (non-hydrogen) atoms. The number of hydrogen-bond donors (Lipinski definition) is 0. The van der Waals surface area contributed by atoms with Crippen LogP contribution in [0.4, 0.5) is 5.69 Å². The van der Waals surface area contributed by atoms with Gasteiger partial charge in [0.15, 0.2) is 0 Å². The average Bonchev–Trinajstić information content (AvgIpc) is 2.17. The lowest BCUT2D eigenvalue weighted by Crippen LogP contribution is -2.18. The Morgan fingerprint density at radius 3 is 2.15 bits per heavy atom. The van der Waals surface area contributed by atoms with Crippen LogP contribution in [0.15, 0.2) is 29.3 Å². The zero-order valence-electron chi connectivity index (χ0n) is 8.11. The van der Waals surface area contributed by atoms with Crippen LogP contribution in [0.1, 0.15) is 5.56 Å². The van der Waals surface area contributed by atoms with E-state index >= 15 is 0 Å². The van der Waals surface area contributed by atoms with Gasteiger partial charge in [-0.2, -0.15) is 0 Å². The first-order valence-electron chi connectivity index (χ1n) is 4.06. The lowest BCUT2D eigenvalue weighted by Gasteiger charge is -2.14. The van der Waals surface area contributed by atoms with Crippen molar-refractivity contribution in [3.8, 4) is 0 Å². The fourth-order valence-electron chi connectivity index (χ4n) is 1.03. The predicted octanol–water partition coefficient (Wildman–Crippen LogP) is 0.489. The van der Waals surface area contributed by atoms with Gasteiger partial charge in [0.1, 0.15) is 0 Å². The minimum atomic E-state index is -0.176. The van der Waals surface area contributed by atoms with Gasteiger partial charge >= 0.3 is 0 Å². The Bertz CT molecular complexity index is 301. The summed E-state index contributed by atoms with van der Waals surface area (Å²) in [5, 5.41) is 11.1. The van der Waals surface area contributed by atoms with Crippen LogP contribution in [0, 0.1) is 0 Å². The van der Waals surface area contributed by atoms with Gasteiger partial charge in [0.2, 0.25) is 0 Å². The molecule has 3 heteroatoms. The molecule has 0 heterocycles. The summed E-state index contributed by atoms with van der Waals surface area (Å²) in [5.74, 6) is -0.176. The highest BCUT2D eigenvalue weighted by Crippen LogP contribution is 2.11. The van der Waals surface area contributed by atoms with Gasteiger partial charge in [0, 0.05) is 26.8 Å². The molecule has 1 rings (SSSR count). The van der Waals surface area contributed by atoms with Crippen molar-refractivity contribution >= 4 is 11.6 Å². The average molecular weight is 177 g/mol. The lowest BCUT2D eigenvalue weighted by molar-refractivity contribution is -0.213. The molecule has 1 aromatic carbocycles. The van der Waals surface area contributed by atoms with E-state index < -0.39 is 0 Å². The topological polar surface area (TPSA) is 38.7 Å². The maximum absolute atomic E-state index is 11.1. The van der Waals surface area contributed by atoms with E-state index in [0.29, 0.717) is 5.56 Å². The SMILES string of the molecule is CN=C([O-])c1ccc(N(C)C)cc1. The van der Waals surface area contributed by atoms with Crippen LogP contribution < -0.4 is 10.0 Å². The number of benzene rings is 1. The van der Waals surface area contributed by atoms with Gasteiger partial charge in [-0.1, -0.05) is 12.1 Å². The van der Waals surface area contributed by atoms with Gasteiger partial charge in [-0.15, -0.1) is 0 Å². The van der Waals surface area contributed by atoms with Gasteiger partial charge in [-0.3, -0.25) is 0 Å². The maximum atomic E-state index is 11.1. The summed E-state index contributed by atoms with van der Waals surface area (Å²) in [6.45, 7) is 0. The van der Waals surface area contributed by atoms with Crippen LogP contribution in [0.25, 0.3) is 0 Å². The summed E-state index contributed by atoms with van der Waals surface area (Å²) in [6, 6.07) is 7.37. The second-order valence-corrected chi connectivity index (χ2v) is 2.97. The van der Waals surface area contributed by atoms with E-state index in [-0.39, 0.29) is 5.90 Å². The van der Waals surface area contributed by atoms with E-state index in [2.05, 4.69) is 4.99 Å². The molecule has 0 aliphatic rings.